The number of benzene rings is 1. The predicted octanol–water partition coefficient (Wildman–Crippen LogP) is 3.54. The summed E-state index contributed by atoms with van der Waals surface area (Å²) in [6.45, 7) is 7.09. The van der Waals surface area contributed by atoms with Crippen molar-refractivity contribution in [2.75, 3.05) is 40.0 Å². The number of ether oxygens (including phenoxy) is 2. The van der Waals surface area contributed by atoms with Gasteiger partial charge in [0.05, 0.1) is 13.2 Å². The van der Waals surface area contributed by atoms with Crippen molar-refractivity contribution >= 4 is 41.5 Å². The second-order valence-electron chi connectivity index (χ2n) is 6.56. The minimum absolute atomic E-state index is 0. The molecule has 3 rings (SSSR count). The number of likely N-dealkylation sites (tertiary alicyclic amines) is 1. The first-order valence-corrected chi connectivity index (χ1v) is 8.98. The molecule has 2 aliphatic rings. The van der Waals surface area contributed by atoms with Crippen LogP contribution in [0.1, 0.15) is 25.3 Å². The van der Waals surface area contributed by atoms with Crippen molar-refractivity contribution in [2.45, 2.75) is 26.3 Å². The Hall–Kier alpha value is -0.730. The molecular formula is C18H27ClIN3O2. The van der Waals surface area contributed by atoms with E-state index < -0.39 is 0 Å². The van der Waals surface area contributed by atoms with Crippen LogP contribution < -0.4 is 10.1 Å². The zero-order valence-electron chi connectivity index (χ0n) is 14.9. The van der Waals surface area contributed by atoms with Crippen LogP contribution in [-0.4, -0.2) is 50.8 Å². The van der Waals surface area contributed by atoms with Crippen LogP contribution in [0.3, 0.4) is 0 Å². The predicted molar refractivity (Wildman–Crippen MR) is 112 cm³/mol. The monoisotopic (exact) mass is 479 g/mol. The minimum atomic E-state index is 0. The molecule has 0 amide bonds. The van der Waals surface area contributed by atoms with Gasteiger partial charge in [-0.25, -0.2) is 0 Å². The third kappa shape index (κ3) is 4.92. The van der Waals surface area contributed by atoms with Gasteiger partial charge < -0.3 is 19.7 Å². The Balaban J connectivity index is 0.00000225. The largest absolute Gasteiger partial charge is 0.493 e. The maximum absolute atomic E-state index is 6.07. The number of hydrogen-bond acceptors (Lipinski definition) is 3. The van der Waals surface area contributed by atoms with E-state index in [0.717, 1.165) is 50.0 Å². The first-order valence-electron chi connectivity index (χ1n) is 8.60. The lowest BCUT2D eigenvalue weighted by molar-refractivity contribution is 0.156. The standard InChI is InChI=1S/C18H26ClN3O2.HI/c1-3-24-16-10-15(19)5-4-14(16)11-21-17(20-2)22-8-6-18(12-22)7-9-23-13-18;/h4-5,10H,3,6-9,11-13H2,1-2H3,(H,20,21);1H. The highest BCUT2D eigenvalue weighted by Crippen LogP contribution is 2.38. The van der Waals surface area contributed by atoms with Crippen LogP contribution >= 0.6 is 35.6 Å². The molecule has 0 aliphatic carbocycles. The van der Waals surface area contributed by atoms with E-state index in [0.29, 0.717) is 23.6 Å². The number of nitrogens with one attached hydrogen (secondary N) is 1. The zero-order valence-corrected chi connectivity index (χ0v) is 18.0. The van der Waals surface area contributed by atoms with Crippen molar-refractivity contribution in [3.05, 3.63) is 28.8 Å². The second-order valence-corrected chi connectivity index (χ2v) is 7.00. The molecule has 0 radical (unpaired) electrons. The third-order valence-corrected chi connectivity index (χ3v) is 5.14. The highest BCUT2D eigenvalue weighted by atomic mass is 127. The Labute approximate surface area is 172 Å². The van der Waals surface area contributed by atoms with Gasteiger partial charge in [0.15, 0.2) is 5.96 Å². The maximum atomic E-state index is 6.07. The van der Waals surface area contributed by atoms with Crippen LogP contribution in [0.5, 0.6) is 5.75 Å². The summed E-state index contributed by atoms with van der Waals surface area (Å²) in [6.07, 6.45) is 2.34. The number of hydrogen-bond donors (Lipinski definition) is 1. The Bertz CT molecular complexity index is 606. The quantitative estimate of drug-likeness (QED) is 0.408. The summed E-state index contributed by atoms with van der Waals surface area (Å²) in [5.41, 5.74) is 1.41. The van der Waals surface area contributed by atoms with E-state index in [1.165, 1.54) is 6.42 Å². The van der Waals surface area contributed by atoms with E-state index >= 15 is 0 Å². The van der Waals surface area contributed by atoms with E-state index in [1.54, 1.807) is 0 Å². The van der Waals surface area contributed by atoms with E-state index in [1.807, 2.05) is 32.2 Å². The van der Waals surface area contributed by atoms with E-state index in [-0.39, 0.29) is 24.0 Å². The molecule has 0 aromatic heterocycles. The molecule has 2 heterocycles. The molecule has 1 atom stereocenters. The van der Waals surface area contributed by atoms with Crippen molar-refractivity contribution in [2.24, 2.45) is 10.4 Å². The molecule has 25 heavy (non-hydrogen) atoms. The van der Waals surface area contributed by atoms with Gasteiger partial charge in [0.2, 0.25) is 0 Å². The fraction of sp³-hybridized carbons (Fsp3) is 0.611. The molecule has 7 heteroatoms. The van der Waals surface area contributed by atoms with Gasteiger partial charge in [-0.05, 0) is 31.9 Å². The summed E-state index contributed by atoms with van der Waals surface area (Å²) in [7, 11) is 1.84. The van der Waals surface area contributed by atoms with E-state index in [2.05, 4.69) is 15.2 Å². The summed E-state index contributed by atoms with van der Waals surface area (Å²) >= 11 is 6.07. The van der Waals surface area contributed by atoms with Crippen molar-refractivity contribution in [3.63, 3.8) is 0 Å². The summed E-state index contributed by atoms with van der Waals surface area (Å²) < 4.78 is 11.3. The maximum Gasteiger partial charge on any atom is 0.193 e. The molecule has 2 aliphatic heterocycles. The minimum Gasteiger partial charge on any atom is -0.493 e. The molecule has 0 bridgehead atoms. The second kappa shape index (κ2) is 9.28. The van der Waals surface area contributed by atoms with E-state index in [4.69, 9.17) is 21.1 Å². The molecule has 0 saturated carbocycles. The van der Waals surface area contributed by atoms with Crippen molar-refractivity contribution in [1.82, 2.24) is 10.2 Å². The molecule has 1 aromatic rings. The van der Waals surface area contributed by atoms with Crippen LogP contribution in [0.25, 0.3) is 0 Å². The number of halogens is 2. The lowest BCUT2D eigenvalue weighted by atomic mass is 9.87. The van der Waals surface area contributed by atoms with Crippen LogP contribution in [-0.2, 0) is 11.3 Å². The molecule has 2 fully saturated rings. The van der Waals surface area contributed by atoms with Crippen LogP contribution in [0.15, 0.2) is 23.2 Å². The SMILES string of the molecule is CCOc1cc(Cl)ccc1CNC(=NC)N1CCC2(CCOC2)C1.I. The van der Waals surface area contributed by atoms with Gasteiger partial charge in [-0.15, -0.1) is 24.0 Å². The third-order valence-electron chi connectivity index (χ3n) is 4.90. The van der Waals surface area contributed by atoms with Gasteiger partial charge in [-0.1, -0.05) is 17.7 Å². The zero-order chi connectivity index (χ0) is 17.0. The van der Waals surface area contributed by atoms with Crippen molar-refractivity contribution in [1.29, 1.82) is 0 Å². The Morgan fingerprint density at radius 1 is 1.44 bits per heavy atom. The smallest absolute Gasteiger partial charge is 0.193 e. The molecule has 1 unspecified atom stereocenters. The van der Waals surface area contributed by atoms with Gasteiger partial charge in [-0.2, -0.15) is 0 Å². The average Bonchev–Trinajstić information content (AvgIpc) is 3.21. The van der Waals surface area contributed by atoms with E-state index in [9.17, 15) is 0 Å². The Kier molecular flexibility index (Phi) is 7.64. The first kappa shape index (κ1) is 20.6. The molecule has 5 nitrogen and oxygen atoms in total. The van der Waals surface area contributed by atoms with Gasteiger partial charge in [-0.3, -0.25) is 4.99 Å². The van der Waals surface area contributed by atoms with Gasteiger partial charge in [0, 0.05) is 49.3 Å². The lowest BCUT2D eigenvalue weighted by Gasteiger charge is -2.25. The normalized spacial score (nSPS) is 23.0. The summed E-state index contributed by atoms with van der Waals surface area (Å²) in [6, 6.07) is 5.76. The number of rotatable bonds is 4. The number of aliphatic imine (C=N–C) groups is 1. The first-order chi connectivity index (χ1) is 11.7. The molecule has 1 spiro atoms. The Morgan fingerprint density at radius 3 is 2.96 bits per heavy atom. The molecule has 140 valence electrons. The summed E-state index contributed by atoms with van der Waals surface area (Å²) in [4.78, 5) is 6.79. The summed E-state index contributed by atoms with van der Waals surface area (Å²) in [5, 5.41) is 4.15. The fourth-order valence-corrected chi connectivity index (χ4v) is 3.72. The number of nitrogens with zero attached hydrogens (tertiary/aromatic N) is 2. The van der Waals surface area contributed by atoms with Crippen LogP contribution in [0.2, 0.25) is 5.02 Å². The molecule has 1 N–H and O–H groups in total. The highest BCUT2D eigenvalue weighted by molar-refractivity contribution is 14.0. The van der Waals surface area contributed by atoms with Crippen LogP contribution in [0, 0.1) is 5.41 Å². The van der Waals surface area contributed by atoms with Crippen LogP contribution in [0.4, 0.5) is 0 Å². The Morgan fingerprint density at radius 2 is 2.28 bits per heavy atom. The highest BCUT2D eigenvalue weighted by Gasteiger charge is 2.42. The van der Waals surface area contributed by atoms with Gasteiger partial charge in [0.25, 0.3) is 0 Å². The fourth-order valence-electron chi connectivity index (χ4n) is 3.56. The average molecular weight is 480 g/mol. The van der Waals surface area contributed by atoms with Crippen molar-refractivity contribution in [3.8, 4) is 5.75 Å². The topological polar surface area (TPSA) is 46.1 Å². The van der Waals surface area contributed by atoms with Gasteiger partial charge in [0.1, 0.15) is 5.75 Å². The lowest BCUT2D eigenvalue weighted by Crippen LogP contribution is -2.41. The summed E-state index contributed by atoms with van der Waals surface area (Å²) in [5.74, 6) is 1.77. The number of guanidine groups is 1. The van der Waals surface area contributed by atoms with Gasteiger partial charge >= 0.3 is 0 Å². The molecule has 2 saturated heterocycles. The molecule has 1 aromatic carbocycles. The molecular weight excluding hydrogens is 453 g/mol. The van der Waals surface area contributed by atoms with Crippen molar-refractivity contribution < 1.29 is 9.47 Å².